The molecule has 0 aromatic heterocycles. The smallest absolute Gasteiger partial charge is 0.330 e. The van der Waals surface area contributed by atoms with Gasteiger partial charge < -0.3 is 20.7 Å². The van der Waals surface area contributed by atoms with Crippen LogP contribution in [0, 0.1) is 0 Å². The SMILES string of the molecule is COC(=O)/C=C/CNC(=O)C(=O)Nc1ccccc1C(=O)N[C@H](C)c1cccc2ccccc12. The quantitative estimate of drug-likeness (QED) is 0.285. The van der Waals surface area contributed by atoms with Gasteiger partial charge in [-0.05, 0) is 35.4 Å². The normalized spacial score (nSPS) is 11.6. The molecule has 0 saturated carbocycles. The fourth-order valence-corrected chi connectivity index (χ4v) is 3.40. The summed E-state index contributed by atoms with van der Waals surface area (Å²) in [6, 6.07) is 19.9. The van der Waals surface area contributed by atoms with Gasteiger partial charge in [0.25, 0.3) is 5.91 Å². The molecule has 174 valence electrons. The third kappa shape index (κ3) is 6.07. The van der Waals surface area contributed by atoms with Gasteiger partial charge >= 0.3 is 17.8 Å². The monoisotopic (exact) mass is 459 g/mol. The summed E-state index contributed by atoms with van der Waals surface area (Å²) in [4.78, 5) is 48.4. The lowest BCUT2D eigenvalue weighted by Crippen LogP contribution is -2.36. The summed E-state index contributed by atoms with van der Waals surface area (Å²) in [5.41, 5.74) is 1.39. The number of hydrogen-bond donors (Lipinski definition) is 3. The molecule has 0 bridgehead atoms. The maximum atomic E-state index is 13.0. The van der Waals surface area contributed by atoms with E-state index in [4.69, 9.17) is 0 Å². The predicted molar refractivity (Wildman–Crippen MR) is 129 cm³/mol. The minimum absolute atomic E-state index is 0.0357. The number of methoxy groups -OCH3 is 1. The molecule has 0 unspecified atom stereocenters. The van der Waals surface area contributed by atoms with E-state index in [0.29, 0.717) is 0 Å². The van der Waals surface area contributed by atoms with E-state index >= 15 is 0 Å². The van der Waals surface area contributed by atoms with Crippen LogP contribution in [0.5, 0.6) is 0 Å². The van der Waals surface area contributed by atoms with Crippen LogP contribution in [0.3, 0.4) is 0 Å². The Morgan fingerprint density at radius 3 is 2.41 bits per heavy atom. The summed E-state index contributed by atoms with van der Waals surface area (Å²) in [7, 11) is 1.23. The molecule has 3 aromatic carbocycles. The lowest BCUT2D eigenvalue weighted by Gasteiger charge is -2.18. The number of nitrogens with one attached hydrogen (secondary N) is 3. The second-order valence-corrected chi connectivity index (χ2v) is 7.40. The maximum absolute atomic E-state index is 13.0. The molecular weight excluding hydrogens is 434 g/mol. The number of amides is 3. The fourth-order valence-electron chi connectivity index (χ4n) is 3.40. The van der Waals surface area contributed by atoms with Crippen molar-refractivity contribution >= 4 is 40.2 Å². The predicted octanol–water partition coefficient (Wildman–Crippen LogP) is 3.11. The van der Waals surface area contributed by atoms with Crippen molar-refractivity contribution in [2.75, 3.05) is 19.0 Å². The molecule has 0 aliphatic carbocycles. The van der Waals surface area contributed by atoms with Gasteiger partial charge in [0.2, 0.25) is 0 Å². The van der Waals surface area contributed by atoms with Crippen LogP contribution < -0.4 is 16.0 Å². The summed E-state index contributed by atoms with van der Waals surface area (Å²) in [6.07, 6.45) is 2.49. The van der Waals surface area contributed by atoms with Crippen molar-refractivity contribution in [2.24, 2.45) is 0 Å². The number of hydrogen-bond acceptors (Lipinski definition) is 5. The first-order valence-electron chi connectivity index (χ1n) is 10.6. The standard InChI is InChI=1S/C26H25N3O5/c1-17(19-13-7-10-18-9-3-4-11-20(18)19)28-24(31)21-12-5-6-14-22(21)29-26(33)25(32)27-16-8-15-23(30)34-2/h3-15,17H,16H2,1-2H3,(H,27,32)(H,28,31)(H,29,33)/b15-8+/t17-/m1/s1. The number of carbonyl (C=O) groups excluding carboxylic acids is 4. The number of benzene rings is 3. The number of ether oxygens (including phenoxy) is 1. The molecule has 8 nitrogen and oxygen atoms in total. The third-order valence-corrected chi connectivity index (χ3v) is 5.10. The Morgan fingerprint density at radius 1 is 0.912 bits per heavy atom. The lowest BCUT2D eigenvalue weighted by molar-refractivity contribution is -0.136. The first kappa shape index (κ1) is 24.2. The van der Waals surface area contributed by atoms with E-state index in [9.17, 15) is 19.2 Å². The molecule has 0 fully saturated rings. The van der Waals surface area contributed by atoms with Crippen molar-refractivity contribution in [1.29, 1.82) is 0 Å². The van der Waals surface area contributed by atoms with Gasteiger partial charge in [-0.1, -0.05) is 60.7 Å². The topological polar surface area (TPSA) is 114 Å². The fraction of sp³-hybridized carbons (Fsp3) is 0.154. The van der Waals surface area contributed by atoms with E-state index in [1.165, 1.54) is 13.2 Å². The van der Waals surface area contributed by atoms with Gasteiger partial charge in [0.15, 0.2) is 0 Å². The molecule has 3 aromatic rings. The molecule has 0 aliphatic rings. The van der Waals surface area contributed by atoms with E-state index in [1.807, 2.05) is 49.4 Å². The van der Waals surface area contributed by atoms with Crippen LogP contribution in [0.25, 0.3) is 10.8 Å². The Morgan fingerprint density at radius 2 is 1.62 bits per heavy atom. The lowest BCUT2D eigenvalue weighted by atomic mass is 9.99. The Bertz CT molecular complexity index is 1250. The number of rotatable bonds is 7. The van der Waals surface area contributed by atoms with Gasteiger partial charge in [0, 0.05) is 12.6 Å². The van der Waals surface area contributed by atoms with Crippen molar-refractivity contribution in [2.45, 2.75) is 13.0 Å². The van der Waals surface area contributed by atoms with Crippen LogP contribution in [-0.4, -0.2) is 37.3 Å². The number of anilines is 1. The molecule has 0 aliphatic heterocycles. The highest BCUT2D eigenvalue weighted by Crippen LogP contribution is 2.25. The van der Waals surface area contributed by atoms with E-state index in [1.54, 1.807) is 24.3 Å². The van der Waals surface area contributed by atoms with Crippen LogP contribution in [0.4, 0.5) is 5.69 Å². The van der Waals surface area contributed by atoms with Crippen LogP contribution >= 0.6 is 0 Å². The molecule has 0 heterocycles. The van der Waals surface area contributed by atoms with E-state index in [-0.39, 0.29) is 23.8 Å². The molecule has 3 rings (SSSR count). The van der Waals surface area contributed by atoms with Crippen LogP contribution in [0.2, 0.25) is 0 Å². The average Bonchev–Trinajstić information content (AvgIpc) is 2.86. The molecule has 0 spiro atoms. The Kier molecular flexibility index (Phi) is 8.12. The largest absolute Gasteiger partial charge is 0.466 e. The highest BCUT2D eigenvalue weighted by Gasteiger charge is 2.19. The van der Waals surface area contributed by atoms with Crippen molar-refractivity contribution in [3.63, 3.8) is 0 Å². The second kappa shape index (κ2) is 11.4. The number of fused-ring (bicyclic) bond motifs is 1. The number of esters is 1. The summed E-state index contributed by atoms with van der Waals surface area (Å²) in [5.74, 6) is -2.81. The Balaban J connectivity index is 1.67. The molecule has 0 radical (unpaired) electrons. The van der Waals surface area contributed by atoms with Crippen LogP contribution in [0.1, 0.15) is 28.9 Å². The van der Waals surface area contributed by atoms with Crippen LogP contribution in [0.15, 0.2) is 78.9 Å². The van der Waals surface area contributed by atoms with Gasteiger partial charge in [0.1, 0.15) is 0 Å². The number of carbonyl (C=O) groups is 4. The minimum Gasteiger partial charge on any atom is -0.466 e. The van der Waals surface area contributed by atoms with E-state index in [0.717, 1.165) is 22.4 Å². The van der Waals surface area contributed by atoms with E-state index in [2.05, 4.69) is 20.7 Å². The zero-order valence-corrected chi connectivity index (χ0v) is 18.8. The Hall–Kier alpha value is -4.46. The summed E-state index contributed by atoms with van der Waals surface area (Å²) in [5, 5.41) is 9.89. The summed E-state index contributed by atoms with van der Waals surface area (Å²) >= 11 is 0. The van der Waals surface area contributed by atoms with Crippen molar-refractivity contribution in [3.8, 4) is 0 Å². The molecule has 1 atom stereocenters. The van der Waals surface area contributed by atoms with Gasteiger partial charge in [0.05, 0.1) is 24.4 Å². The molecule has 3 amide bonds. The average molecular weight is 460 g/mol. The first-order valence-corrected chi connectivity index (χ1v) is 10.6. The molecular formula is C26H25N3O5. The minimum atomic E-state index is -0.936. The summed E-state index contributed by atoms with van der Waals surface area (Å²) < 4.78 is 4.44. The number of para-hydroxylation sites is 1. The van der Waals surface area contributed by atoms with Crippen molar-refractivity contribution in [3.05, 3.63) is 90.0 Å². The second-order valence-electron chi connectivity index (χ2n) is 7.40. The maximum Gasteiger partial charge on any atom is 0.330 e. The van der Waals surface area contributed by atoms with E-state index < -0.39 is 23.7 Å². The van der Waals surface area contributed by atoms with Crippen molar-refractivity contribution < 1.29 is 23.9 Å². The van der Waals surface area contributed by atoms with Crippen molar-refractivity contribution in [1.82, 2.24) is 10.6 Å². The van der Waals surface area contributed by atoms with Gasteiger partial charge in [-0.25, -0.2) is 4.79 Å². The molecule has 0 saturated heterocycles. The highest BCUT2D eigenvalue weighted by atomic mass is 16.5. The van der Waals surface area contributed by atoms with Crippen LogP contribution in [-0.2, 0) is 19.1 Å². The molecule has 8 heteroatoms. The third-order valence-electron chi connectivity index (χ3n) is 5.10. The highest BCUT2D eigenvalue weighted by molar-refractivity contribution is 6.40. The molecule has 3 N–H and O–H groups in total. The van der Waals surface area contributed by atoms with Gasteiger partial charge in [-0.2, -0.15) is 0 Å². The zero-order chi connectivity index (χ0) is 24.5. The van der Waals surface area contributed by atoms with Gasteiger partial charge in [-0.15, -0.1) is 0 Å². The Labute approximate surface area is 197 Å². The summed E-state index contributed by atoms with van der Waals surface area (Å²) in [6.45, 7) is 1.85. The first-order chi connectivity index (χ1) is 16.4. The molecule has 34 heavy (non-hydrogen) atoms. The zero-order valence-electron chi connectivity index (χ0n) is 18.8. The van der Waals surface area contributed by atoms with Gasteiger partial charge in [-0.3, -0.25) is 14.4 Å².